The first-order chi connectivity index (χ1) is 11.8. The average molecular weight is 314 g/mol. The van der Waals surface area contributed by atoms with Crippen molar-refractivity contribution in [2.45, 2.75) is 0 Å². The average Bonchev–Trinajstić information content (AvgIpc) is 3.07. The first kappa shape index (κ1) is 14.1. The van der Waals surface area contributed by atoms with Gasteiger partial charge in [0.05, 0.1) is 5.69 Å². The van der Waals surface area contributed by atoms with Crippen LogP contribution in [0, 0.1) is 0 Å². The van der Waals surface area contributed by atoms with Gasteiger partial charge in [0, 0.05) is 5.56 Å². The Hall–Kier alpha value is -3.47. The molecule has 0 saturated heterocycles. The van der Waals surface area contributed by atoms with Gasteiger partial charge in [-0.05, 0) is 36.4 Å². The molecule has 1 N–H and O–H groups in total. The second-order valence-corrected chi connectivity index (χ2v) is 5.32. The van der Waals surface area contributed by atoms with Crippen LogP contribution in [0.5, 0.6) is 0 Å². The molecule has 1 aromatic heterocycles. The van der Waals surface area contributed by atoms with E-state index in [1.165, 1.54) is 0 Å². The van der Waals surface area contributed by atoms with Crippen molar-refractivity contribution in [3.8, 4) is 5.69 Å². The van der Waals surface area contributed by atoms with Gasteiger partial charge >= 0.3 is 0 Å². The van der Waals surface area contributed by atoms with Crippen LogP contribution in [0.15, 0.2) is 78.9 Å². The van der Waals surface area contributed by atoms with Gasteiger partial charge in [0.25, 0.3) is 5.91 Å². The Balaban J connectivity index is 1.71. The topological polar surface area (TPSA) is 59.8 Å². The van der Waals surface area contributed by atoms with Crippen LogP contribution in [0.4, 0.5) is 5.69 Å². The Bertz CT molecular complexity index is 975. The van der Waals surface area contributed by atoms with E-state index in [9.17, 15) is 4.79 Å². The van der Waals surface area contributed by atoms with E-state index in [0.717, 1.165) is 16.7 Å². The largest absolute Gasteiger partial charge is 0.320 e. The lowest BCUT2D eigenvalue weighted by Gasteiger charge is -2.10. The van der Waals surface area contributed by atoms with Gasteiger partial charge in [0.2, 0.25) is 0 Å². The molecule has 0 radical (unpaired) electrons. The molecule has 24 heavy (non-hydrogen) atoms. The summed E-state index contributed by atoms with van der Waals surface area (Å²) in [6.07, 6.45) is 0. The number of nitrogens with one attached hydrogen (secondary N) is 1. The Kier molecular flexibility index (Phi) is 3.51. The normalized spacial score (nSPS) is 10.7. The number of carbonyl (C=O) groups is 1. The molecule has 116 valence electrons. The minimum atomic E-state index is -0.167. The van der Waals surface area contributed by atoms with Gasteiger partial charge in [-0.3, -0.25) is 4.79 Å². The summed E-state index contributed by atoms with van der Waals surface area (Å²) in [5.74, 6) is -0.167. The van der Waals surface area contributed by atoms with E-state index in [2.05, 4.69) is 15.5 Å². The van der Waals surface area contributed by atoms with E-state index in [1.54, 1.807) is 16.9 Å². The molecule has 4 rings (SSSR count). The van der Waals surface area contributed by atoms with E-state index in [4.69, 9.17) is 0 Å². The maximum absolute atomic E-state index is 12.4. The summed E-state index contributed by atoms with van der Waals surface area (Å²) >= 11 is 0. The van der Waals surface area contributed by atoms with E-state index in [0.29, 0.717) is 11.3 Å². The monoisotopic (exact) mass is 314 g/mol. The van der Waals surface area contributed by atoms with Gasteiger partial charge in [0.1, 0.15) is 16.7 Å². The van der Waals surface area contributed by atoms with Gasteiger partial charge in [-0.2, -0.15) is 0 Å². The van der Waals surface area contributed by atoms with Crippen LogP contribution in [0.3, 0.4) is 0 Å². The molecule has 0 aliphatic rings. The summed E-state index contributed by atoms with van der Waals surface area (Å²) in [4.78, 5) is 14.0. The third-order valence-corrected chi connectivity index (χ3v) is 3.69. The zero-order chi connectivity index (χ0) is 16.4. The number of hydrogen-bond donors (Lipinski definition) is 1. The Morgan fingerprint density at radius 1 is 0.750 bits per heavy atom. The molecule has 5 heteroatoms. The smallest absolute Gasteiger partial charge is 0.255 e. The molecule has 0 bridgehead atoms. The maximum Gasteiger partial charge on any atom is 0.255 e. The quantitative estimate of drug-likeness (QED) is 0.627. The first-order valence-electron chi connectivity index (χ1n) is 7.59. The standard InChI is InChI=1S/C19H14N4O/c24-19(14-8-2-1-3-9-14)20-17-12-6-7-13-18(17)23-21-15-10-4-5-11-16(15)22-23/h1-13H,(H,20,24). The maximum atomic E-state index is 12.4. The van der Waals surface area contributed by atoms with Gasteiger partial charge in [-0.1, -0.05) is 42.5 Å². The molecule has 3 aromatic carbocycles. The summed E-state index contributed by atoms with van der Waals surface area (Å²) in [5.41, 5.74) is 3.60. The lowest BCUT2D eigenvalue weighted by Crippen LogP contribution is -2.14. The van der Waals surface area contributed by atoms with Crippen molar-refractivity contribution >= 4 is 22.6 Å². The molecule has 4 aromatic rings. The van der Waals surface area contributed by atoms with Gasteiger partial charge in [-0.25, -0.2) is 0 Å². The van der Waals surface area contributed by atoms with E-state index >= 15 is 0 Å². The van der Waals surface area contributed by atoms with Crippen molar-refractivity contribution < 1.29 is 4.79 Å². The molecule has 1 heterocycles. The predicted molar refractivity (Wildman–Crippen MR) is 93.3 cm³/mol. The van der Waals surface area contributed by atoms with Crippen LogP contribution < -0.4 is 5.32 Å². The number of fused-ring (bicyclic) bond motifs is 1. The van der Waals surface area contributed by atoms with E-state index < -0.39 is 0 Å². The zero-order valence-electron chi connectivity index (χ0n) is 12.8. The molecule has 0 saturated carbocycles. The minimum absolute atomic E-state index is 0.167. The fourth-order valence-corrected chi connectivity index (χ4v) is 2.51. The number of anilines is 1. The minimum Gasteiger partial charge on any atom is -0.320 e. The van der Waals surface area contributed by atoms with Gasteiger partial charge in [-0.15, -0.1) is 15.0 Å². The van der Waals surface area contributed by atoms with Crippen molar-refractivity contribution in [2.24, 2.45) is 0 Å². The fourth-order valence-electron chi connectivity index (χ4n) is 2.51. The summed E-state index contributed by atoms with van der Waals surface area (Å²) in [6, 6.07) is 24.2. The lowest BCUT2D eigenvalue weighted by atomic mass is 10.2. The molecule has 5 nitrogen and oxygen atoms in total. The molecule has 1 amide bonds. The highest BCUT2D eigenvalue weighted by atomic mass is 16.1. The van der Waals surface area contributed by atoms with Crippen LogP contribution >= 0.6 is 0 Å². The number of hydrogen-bond acceptors (Lipinski definition) is 3. The van der Waals surface area contributed by atoms with Gasteiger partial charge < -0.3 is 5.32 Å². The molecule has 0 aliphatic carbocycles. The number of para-hydroxylation sites is 2. The second-order valence-electron chi connectivity index (χ2n) is 5.32. The van der Waals surface area contributed by atoms with Crippen LogP contribution in [-0.2, 0) is 0 Å². The molecule has 0 fully saturated rings. The highest BCUT2D eigenvalue weighted by Crippen LogP contribution is 2.21. The number of amides is 1. The Morgan fingerprint density at radius 2 is 1.33 bits per heavy atom. The van der Waals surface area contributed by atoms with Gasteiger partial charge in [0.15, 0.2) is 0 Å². The molecule has 0 atom stereocenters. The molecule has 0 unspecified atom stereocenters. The van der Waals surface area contributed by atoms with Crippen molar-refractivity contribution in [1.82, 2.24) is 15.0 Å². The molecular formula is C19H14N4O. The van der Waals surface area contributed by atoms with Crippen molar-refractivity contribution in [2.75, 3.05) is 5.32 Å². The van der Waals surface area contributed by atoms with Crippen LogP contribution in [-0.4, -0.2) is 20.9 Å². The summed E-state index contributed by atoms with van der Waals surface area (Å²) < 4.78 is 0. The van der Waals surface area contributed by atoms with Crippen LogP contribution in [0.25, 0.3) is 16.7 Å². The number of rotatable bonds is 3. The van der Waals surface area contributed by atoms with Crippen LogP contribution in [0.1, 0.15) is 10.4 Å². The third kappa shape index (κ3) is 2.63. The molecular weight excluding hydrogens is 300 g/mol. The summed E-state index contributed by atoms with van der Waals surface area (Å²) in [7, 11) is 0. The van der Waals surface area contributed by atoms with Crippen molar-refractivity contribution in [1.29, 1.82) is 0 Å². The molecule has 0 aliphatic heterocycles. The zero-order valence-corrected chi connectivity index (χ0v) is 12.8. The SMILES string of the molecule is O=C(Nc1ccccc1-n1nc2ccccc2n1)c1ccccc1. The number of aromatic nitrogens is 3. The van der Waals surface area contributed by atoms with E-state index in [1.807, 2.05) is 66.7 Å². The number of carbonyl (C=O) groups excluding carboxylic acids is 1. The Morgan fingerprint density at radius 3 is 2.04 bits per heavy atom. The fraction of sp³-hybridized carbons (Fsp3) is 0. The third-order valence-electron chi connectivity index (χ3n) is 3.69. The summed E-state index contributed by atoms with van der Waals surface area (Å²) in [6.45, 7) is 0. The molecule has 0 spiro atoms. The van der Waals surface area contributed by atoms with Crippen molar-refractivity contribution in [3.05, 3.63) is 84.4 Å². The second kappa shape index (κ2) is 5.96. The highest BCUT2D eigenvalue weighted by Gasteiger charge is 2.12. The van der Waals surface area contributed by atoms with Crippen molar-refractivity contribution in [3.63, 3.8) is 0 Å². The van der Waals surface area contributed by atoms with Crippen LogP contribution in [0.2, 0.25) is 0 Å². The lowest BCUT2D eigenvalue weighted by molar-refractivity contribution is 0.102. The Labute approximate surface area is 138 Å². The first-order valence-corrected chi connectivity index (χ1v) is 7.59. The number of nitrogens with zero attached hydrogens (tertiary/aromatic N) is 3. The number of benzene rings is 3. The highest BCUT2D eigenvalue weighted by molar-refractivity contribution is 6.05. The predicted octanol–water partition coefficient (Wildman–Crippen LogP) is 3.67. The van der Waals surface area contributed by atoms with E-state index in [-0.39, 0.29) is 5.91 Å². The summed E-state index contributed by atoms with van der Waals surface area (Å²) in [5, 5.41) is 11.9.